The summed E-state index contributed by atoms with van der Waals surface area (Å²) in [6, 6.07) is 15.7. The van der Waals surface area contributed by atoms with Crippen molar-refractivity contribution in [1.29, 1.82) is 0 Å². The van der Waals surface area contributed by atoms with Gasteiger partial charge < -0.3 is 14.8 Å². The molecule has 0 aliphatic heterocycles. The lowest BCUT2D eigenvalue weighted by Crippen LogP contribution is -2.45. The van der Waals surface area contributed by atoms with Crippen LogP contribution in [-0.4, -0.2) is 31.8 Å². The van der Waals surface area contributed by atoms with Gasteiger partial charge in [0.2, 0.25) is 0 Å². The van der Waals surface area contributed by atoms with E-state index in [1.807, 2.05) is 24.3 Å². The molecular formula is C22H27NO3. The zero-order valence-corrected chi connectivity index (χ0v) is 15.6. The van der Waals surface area contributed by atoms with Crippen LogP contribution in [0, 0.1) is 0 Å². The van der Waals surface area contributed by atoms with Crippen molar-refractivity contribution in [1.82, 2.24) is 5.32 Å². The van der Waals surface area contributed by atoms with Crippen molar-refractivity contribution in [3.8, 4) is 5.75 Å². The first kappa shape index (κ1) is 18.5. The van der Waals surface area contributed by atoms with Crippen molar-refractivity contribution in [3.63, 3.8) is 0 Å². The number of ether oxygens (including phenoxy) is 2. The maximum Gasteiger partial charge on any atom is 0.251 e. The highest BCUT2D eigenvalue weighted by Crippen LogP contribution is 2.32. The maximum absolute atomic E-state index is 12.5. The minimum absolute atomic E-state index is 0.0857. The number of rotatable bonds is 8. The smallest absolute Gasteiger partial charge is 0.251 e. The van der Waals surface area contributed by atoms with E-state index < -0.39 is 0 Å². The van der Waals surface area contributed by atoms with Crippen molar-refractivity contribution >= 4 is 5.91 Å². The lowest BCUT2D eigenvalue weighted by Gasteiger charge is -2.27. The van der Waals surface area contributed by atoms with Crippen LogP contribution in [-0.2, 0) is 17.6 Å². The summed E-state index contributed by atoms with van der Waals surface area (Å²) >= 11 is 0. The van der Waals surface area contributed by atoms with Crippen LogP contribution in [0.3, 0.4) is 0 Å². The Bertz CT molecular complexity index is 714. The summed E-state index contributed by atoms with van der Waals surface area (Å²) < 4.78 is 11.4. The number of benzene rings is 2. The van der Waals surface area contributed by atoms with Gasteiger partial charge in [0.15, 0.2) is 0 Å². The van der Waals surface area contributed by atoms with Crippen LogP contribution in [0.15, 0.2) is 48.5 Å². The average molecular weight is 353 g/mol. The molecule has 4 heteroatoms. The third kappa shape index (κ3) is 4.25. The molecule has 138 valence electrons. The van der Waals surface area contributed by atoms with Crippen LogP contribution in [0.1, 0.15) is 41.3 Å². The van der Waals surface area contributed by atoms with Gasteiger partial charge in [0.1, 0.15) is 5.75 Å². The van der Waals surface area contributed by atoms with Crippen LogP contribution in [0.25, 0.3) is 0 Å². The first-order chi connectivity index (χ1) is 12.7. The van der Waals surface area contributed by atoms with Gasteiger partial charge in [-0.2, -0.15) is 0 Å². The second-order valence-electron chi connectivity index (χ2n) is 6.92. The van der Waals surface area contributed by atoms with Crippen LogP contribution in [0.4, 0.5) is 0 Å². The predicted octanol–water partition coefficient (Wildman–Crippen LogP) is 3.78. The Hall–Kier alpha value is -2.33. The molecule has 0 aromatic heterocycles. The van der Waals surface area contributed by atoms with Crippen LogP contribution in [0.2, 0.25) is 0 Å². The molecule has 1 N–H and O–H groups in total. The van der Waals surface area contributed by atoms with Crippen LogP contribution in [0.5, 0.6) is 5.75 Å². The summed E-state index contributed by atoms with van der Waals surface area (Å²) in [6.07, 6.45) is 3.78. The number of carbonyl (C=O) groups is 1. The fourth-order valence-electron chi connectivity index (χ4n) is 3.38. The lowest BCUT2D eigenvalue weighted by molar-refractivity contribution is 0.000176. The minimum Gasteiger partial charge on any atom is -0.494 e. The number of carbonyl (C=O) groups excluding carboxylic acids is 1. The van der Waals surface area contributed by atoms with Gasteiger partial charge >= 0.3 is 0 Å². The highest BCUT2D eigenvalue weighted by Gasteiger charge is 2.37. The van der Waals surface area contributed by atoms with E-state index in [1.165, 1.54) is 11.1 Å². The minimum atomic E-state index is -0.359. The number of nitrogens with one attached hydrogen (secondary N) is 1. The van der Waals surface area contributed by atoms with Crippen LogP contribution < -0.4 is 10.1 Å². The Balaban J connectivity index is 1.56. The van der Waals surface area contributed by atoms with Gasteiger partial charge in [0.05, 0.1) is 12.2 Å². The summed E-state index contributed by atoms with van der Waals surface area (Å²) in [7, 11) is 1.72. The quantitative estimate of drug-likeness (QED) is 0.735. The molecule has 0 spiro atoms. The Morgan fingerprint density at radius 1 is 1.08 bits per heavy atom. The standard InChI is InChI=1S/C22H27NO3/c1-3-4-13-26-20-11-9-17(10-12-20)21(24)23-16-22(25-2)14-18-7-5-6-8-19(18)15-22/h5-12H,3-4,13-16H2,1-2H3,(H,23,24). The average Bonchev–Trinajstić information content (AvgIpc) is 3.06. The number of amides is 1. The number of hydrogen-bond acceptors (Lipinski definition) is 3. The second-order valence-corrected chi connectivity index (χ2v) is 6.92. The Labute approximate surface area is 155 Å². The normalized spacial score (nSPS) is 14.7. The Morgan fingerprint density at radius 2 is 1.73 bits per heavy atom. The monoisotopic (exact) mass is 353 g/mol. The summed E-state index contributed by atoms with van der Waals surface area (Å²) in [6.45, 7) is 3.33. The first-order valence-corrected chi connectivity index (χ1v) is 9.29. The van der Waals surface area contributed by atoms with E-state index in [2.05, 4.69) is 24.4 Å². The molecule has 0 radical (unpaired) electrons. The van der Waals surface area contributed by atoms with Crippen molar-refractivity contribution in [3.05, 3.63) is 65.2 Å². The zero-order valence-electron chi connectivity index (χ0n) is 15.6. The van der Waals surface area contributed by atoms with Crippen molar-refractivity contribution in [2.45, 2.75) is 38.2 Å². The highest BCUT2D eigenvalue weighted by atomic mass is 16.5. The fourth-order valence-corrected chi connectivity index (χ4v) is 3.38. The molecule has 0 fully saturated rings. The van der Waals surface area contributed by atoms with E-state index in [0.29, 0.717) is 18.7 Å². The summed E-state index contributed by atoms with van der Waals surface area (Å²) in [5.74, 6) is 0.715. The van der Waals surface area contributed by atoms with Crippen molar-refractivity contribution < 1.29 is 14.3 Å². The van der Waals surface area contributed by atoms with Crippen molar-refractivity contribution in [2.75, 3.05) is 20.3 Å². The molecule has 2 aromatic carbocycles. The fraction of sp³-hybridized carbons (Fsp3) is 0.409. The highest BCUT2D eigenvalue weighted by molar-refractivity contribution is 5.94. The first-order valence-electron chi connectivity index (χ1n) is 9.29. The Kier molecular flexibility index (Phi) is 5.94. The molecular weight excluding hydrogens is 326 g/mol. The maximum atomic E-state index is 12.5. The van der Waals surface area contributed by atoms with Gasteiger partial charge in [0, 0.05) is 32.1 Å². The van der Waals surface area contributed by atoms with E-state index in [-0.39, 0.29) is 11.5 Å². The number of unbranched alkanes of at least 4 members (excludes halogenated alkanes) is 1. The SMILES string of the molecule is CCCCOc1ccc(C(=O)NCC2(OC)Cc3ccccc3C2)cc1. The predicted molar refractivity (Wildman–Crippen MR) is 103 cm³/mol. The number of fused-ring (bicyclic) bond motifs is 1. The van der Waals surface area contributed by atoms with Gasteiger partial charge in [-0.15, -0.1) is 0 Å². The molecule has 0 saturated carbocycles. The molecule has 2 aromatic rings. The molecule has 1 amide bonds. The van der Waals surface area contributed by atoms with Gasteiger partial charge in [-0.05, 0) is 41.8 Å². The second kappa shape index (κ2) is 8.37. The molecule has 1 aliphatic rings. The molecule has 1 aliphatic carbocycles. The van der Waals surface area contributed by atoms with Gasteiger partial charge in [-0.25, -0.2) is 0 Å². The third-order valence-corrected chi connectivity index (χ3v) is 5.03. The number of hydrogen-bond donors (Lipinski definition) is 1. The molecule has 0 saturated heterocycles. The van der Waals surface area contributed by atoms with E-state index in [4.69, 9.17) is 9.47 Å². The zero-order chi connectivity index (χ0) is 18.4. The van der Waals surface area contributed by atoms with Gasteiger partial charge in [0.25, 0.3) is 5.91 Å². The van der Waals surface area contributed by atoms with Crippen LogP contribution >= 0.6 is 0 Å². The molecule has 0 heterocycles. The molecule has 3 rings (SSSR count). The Morgan fingerprint density at radius 3 is 2.31 bits per heavy atom. The summed E-state index contributed by atoms with van der Waals surface area (Å²) in [5.41, 5.74) is 2.88. The molecule has 4 nitrogen and oxygen atoms in total. The number of methoxy groups -OCH3 is 1. The van der Waals surface area contributed by atoms with E-state index in [9.17, 15) is 4.79 Å². The van der Waals surface area contributed by atoms with E-state index in [0.717, 1.165) is 31.4 Å². The van der Waals surface area contributed by atoms with E-state index in [1.54, 1.807) is 19.2 Å². The third-order valence-electron chi connectivity index (χ3n) is 5.03. The molecule has 0 atom stereocenters. The molecule has 26 heavy (non-hydrogen) atoms. The largest absolute Gasteiger partial charge is 0.494 e. The van der Waals surface area contributed by atoms with Gasteiger partial charge in [-0.1, -0.05) is 37.6 Å². The van der Waals surface area contributed by atoms with Gasteiger partial charge in [-0.3, -0.25) is 4.79 Å². The molecule has 0 bridgehead atoms. The van der Waals surface area contributed by atoms with Crippen molar-refractivity contribution in [2.24, 2.45) is 0 Å². The van der Waals surface area contributed by atoms with E-state index >= 15 is 0 Å². The summed E-state index contributed by atoms with van der Waals surface area (Å²) in [5, 5.41) is 3.03. The summed E-state index contributed by atoms with van der Waals surface area (Å²) in [4.78, 5) is 12.5. The topological polar surface area (TPSA) is 47.6 Å². The lowest BCUT2D eigenvalue weighted by atomic mass is 10.00. The molecule has 0 unspecified atom stereocenters.